The number of nitrogens with one attached hydrogen (secondary N) is 11. The zero-order valence-corrected chi connectivity index (χ0v) is 9.20. The molecule has 0 heterocycles. The van der Waals surface area contributed by atoms with Crippen LogP contribution in [0.5, 0.6) is 0 Å². The van der Waals surface area contributed by atoms with Gasteiger partial charge in [-0.1, -0.05) is 13.3 Å². The fourth-order valence-electron chi connectivity index (χ4n) is 0.627. The molecule has 0 aromatic rings. The Kier molecular flexibility index (Phi) is 14.1. The predicted molar refractivity (Wildman–Crippen MR) is 58.5 cm³/mol. The Bertz CT molecular complexity index is 106. The lowest BCUT2D eigenvalue weighted by atomic mass is 10.3. The van der Waals surface area contributed by atoms with Gasteiger partial charge in [-0.15, -0.1) is 0 Å². The van der Waals surface area contributed by atoms with E-state index in [-0.39, 0.29) is 0 Å². The van der Waals surface area contributed by atoms with E-state index in [4.69, 9.17) is 5.84 Å². The first kappa shape index (κ1) is 15.5. The van der Waals surface area contributed by atoms with Crippen LogP contribution in [0.25, 0.3) is 0 Å². The van der Waals surface area contributed by atoms with Gasteiger partial charge >= 0.3 is 0 Å². The minimum Gasteiger partial charge on any atom is -0.257 e. The summed E-state index contributed by atoms with van der Waals surface area (Å²) < 4.78 is 0. The molecule has 0 aliphatic carbocycles. The molecule has 13 N–H and O–H groups in total. The number of hydrazine groups is 11. The summed E-state index contributed by atoms with van der Waals surface area (Å²) in [6.45, 7) is 3.01. The highest BCUT2D eigenvalue weighted by atomic mass is 16.0. The van der Waals surface area contributed by atoms with E-state index in [1.807, 2.05) is 0 Å². The fourth-order valence-corrected chi connectivity index (χ4v) is 0.627. The van der Waals surface area contributed by atoms with Crippen molar-refractivity contribution >= 4 is 0 Å². The lowest BCUT2D eigenvalue weighted by Crippen LogP contribution is -2.66. The SMILES string of the molecule is CCCCNNNNNNNNNNNN. The van der Waals surface area contributed by atoms with Crippen molar-refractivity contribution in [2.45, 2.75) is 19.8 Å². The lowest BCUT2D eigenvalue weighted by molar-refractivity contribution is 0.225. The van der Waals surface area contributed by atoms with Crippen LogP contribution >= 0.6 is 0 Å². The van der Waals surface area contributed by atoms with Gasteiger partial charge in [-0.25, -0.2) is 5.43 Å². The molecule has 0 saturated carbocycles. The minimum absolute atomic E-state index is 0.889. The Labute approximate surface area is 93.9 Å². The number of unbranched alkanes of at least 4 members (excludes halogenated alkanes) is 1. The maximum atomic E-state index is 4.89. The first-order valence-electron chi connectivity index (χ1n) is 4.85. The lowest BCUT2D eigenvalue weighted by Gasteiger charge is -2.13. The molecule has 12 nitrogen and oxygen atoms in total. The highest BCUT2D eigenvalue weighted by Crippen LogP contribution is 1.79. The molecular weight excluding hydrogens is 216 g/mol. The maximum Gasteiger partial charge on any atom is 0.0113 e. The van der Waals surface area contributed by atoms with Gasteiger partial charge in [0.05, 0.1) is 0 Å². The summed E-state index contributed by atoms with van der Waals surface area (Å²) in [5.41, 5.74) is 27.8. The second-order valence-electron chi connectivity index (χ2n) is 2.55. The van der Waals surface area contributed by atoms with E-state index in [9.17, 15) is 0 Å². The highest BCUT2D eigenvalue weighted by Gasteiger charge is 1.83. The monoisotopic (exact) mass is 238 g/mol. The van der Waals surface area contributed by atoms with Crippen LogP contribution in [-0.4, -0.2) is 6.54 Å². The molecule has 0 aromatic carbocycles. The summed E-state index contributed by atoms with van der Waals surface area (Å²) >= 11 is 0. The van der Waals surface area contributed by atoms with Gasteiger partial charge in [0.25, 0.3) is 0 Å². The molecule has 0 aliphatic heterocycles. The second kappa shape index (κ2) is 14.5. The Morgan fingerprint density at radius 3 is 1.75 bits per heavy atom. The van der Waals surface area contributed by atoms with Crippen LogP contribution in [0.2, 0.25) is 0 Å². The molecule has 0 fully saturated rings. The van der Waals surface area contributed by atoms with Crippen LogP contribution in [0.3, 0.4) is 0 Å². The van der Waals surface area contributed by atoms with Crippen molar-refractivity contribution in [3.63, 3.8) is 0 Å². The summed E-state index contributed by atoms with van der Waals surface area (Å²) in [5, 5.41) is 0. The first-order chi connectivity index (χ1) is 7.91. The molecule has 0 atom stereocenters. The molecule has 0 aliphatic rings. The van der Waals surface area contributed by atoms with Crippen LogP contribution < -0.4 is 66.6 Å². The van der Waals surface area contributed by atoms with Gasteiger partial charge < -0.3 is 0 Å². The van der Waals surface area contributed by atoms with Crippen molar-refractivity contribution in [2.24, 2.45) is 5.84 Å². The Morgan fingerprint density at radius 1 is 0.750 bits per heavy atom. The third kappa shape index (κ3) is 13.5. The largest absolute Gasteiger partial charge is 0.257 e. The smallest absolute Gasteiger partial charge is 0.0113 e. The molecule has 98 valence electrons. The molecule has 0 spiro atoms. The molecule has 0 rings (SSSR count). The van der Waals surface area contributed by atoms with Crippen LogP contribution in [0.4, 0.5) is 0 Å². The average molecular weight is 238 g/mol. The van der Waals surface area contributed by atoms with Crippen molar-refractivity contribution in [2.75, 3.05) is 6.54 Å². The van der Waals surface area contributed by atoms with Crippen molar-refractivity contribution < 1.29 is 0 Å². The van der Waals surface area contributed by atoms with Crippen molar-refractivity contribution in [3.05, 3.63) is 0 Å². The Morgan fingerprint density at radius 2 is 1.25 bits per heavy atom. The van der Waals surface area contributed by atoms with Crippen LogP contribution in [-0.2, 0) is 0 Å². The predicted octanol–water partition coefficient (Wildman–Crippen LogP) is -4.70. The topological polar surface area (TPSA) is 158 Å². The van der Waals surface area contributed by atoms with E-state index in [1.54, 1.807) is 0 Å². The molecular formula is C4H22N12. The highest BCUT2D eigenvalue weighted by molar-refractivity contribution is 4.35. The van der Waals surface area contributed by atoms with Gasteiger partial charge in [0.2, 0.25) is 0 Å². The Balaban J connectivity index is 2.83. The zero-order valence-electron chi connectivity index (χ0n) is 9.20. The molecule has 0 radical (unpaired) electrons. The molecule has 12 heteroatoms. The third-order valence-corrected chi connectivity index (χ3v) is 1.32. The maximum absolute atomic E-state index is 4.89. The molecule has 16 heavy (non-hydrogen) atoms. The van der Waals surface area contributed by atoms with Crippen molar-refractivity contribution in [1.29, 1.82) is 0 Å². The third-order valence-electron chi connectivity index (χ3n) is 1.32. The van der Waals surface area contributed by atoms with E-state index in [0.717, 1.165) is 19.4 Å². The fraction of sp³-hybridized carbons (Fsp3) is 1.00. The van der Waals surface area contributed by atoms with Crippen LogP contribution in [0.15, 0.2) is 0 Å². The first-order valence-corrected chi connectivity index (χ1v) is 4.85. The van der Waals surface area contributed by atoms with Crippen molar-refractivity contribution in [3.8, 4) is 0 Å². The number of nitrogens with two attached hydrogens (primary N) is 1. The van der Waals surface area contributed by atoms with Gasteiger partial charge in [-0.05, 0) is 6.42 Å². The zero-order chi connectivity index (χ0) is 11.9. The molecule has 0 bridgehead atoms. The molecule has 0 saturated heterocycles. The summed E-state index contributed by atoms with van der Waals surface area (Å²) in [6, 6.07) is 0. The van der Waals surface area contributed by atoms with Gasteiger partial charge in [-0.2, -0.15) is 55.3 Å². The minimum atomic E-state index is 0.889. The standard InChI is InChI=1S/C4H22N12/c1-2-3-4-6-8-10-12-14-16-15-13-11-9-7-5/h6-16H,2-5H2,1H3. The summed E-state index contributed by atoms with van der Waals surface area (Å²) in [7, 11) is 0. The van der Waals surface area contributed by atoms with E-state index in [1.165, 1.54) is 0 Å². The van der Waals surface area contributed by atoms with Gasteiger partial charge in [0, 0.05) is 6.54 Å². The van der Waals surface area contributed by atoms with Crippen molar-refractivity contribution in [1.82, 2.24) is 60.8 Å². The number of hydrogen-bond donors (Lipinski definition) is 12. The molecule has 0 aromatic heterocycles. The van der Waals surface area contributed by atoms with Gasteiger partial charge in [0.15, 0.2) is 0 Å². The molecule has 0 amide bonds. The number of hydrogen-bond acceptors (Lipinski definition) is 12. The summed E-state index contributed by atoms with van der Waals surface area (Å²) in [5.74, 6) is 4.89. The second-order valence-corrected chi connectivity index (χ2v) is 2.55. The Hall–Kier alpha value is -0.480. The summed E-state index contributed by atoms with van der Waals surface area (Å²) in [6.07, 6.45) is 2.26. The van der Waals surface area contributed by atoms with E-state index in [0.29, 0.717) is 0 Å². The summed E-state index contributed by atoms with van der Waals surface area (Å²) in [4.78, 5) is 0. The van der Waals surface area contributed by atoms with Gasteiger partial charge in [0.1, 0.15) is 0 Å². The van der Waals surface area contributed by atoms with Crippen LogP contribution in [0, 0.1) is 0 Å². The molecule has 0 unspecified atom stereocenters. The normalized spacial score (nSPS) is 10.9. The van der Waals surface area contributed by atoms with E-state index in [2.05, 4.69) is 67.7 Å². The van der Waals surface area contributed by atoms with Crippen LogP contribution in [0.1, 0.15) is 19.8 Å². The average Bonchev–Trinajstić information content (AvgIpc) is 2.31. The van der Waals surface area contributed by atoms with E-state index < -0.39 is 0 Å². The quantitative estimate of drug-likeness (QED) is 0.0846. The van der Waals surface area contributed by atoms with E-state index >= 15 is 0 Å². The van der Waals surface area contributed by atoms with Gasteiger partial charge in [-0.3, -0.25) is 5.84 Å². The number of rotatable bonds is 13.